The van der Waals surface area contributed by atoms with E-state index in [0.717, 1.165) is 53.3 Å². The number of hydrogen-bond donors (Lipinski definition) is 0. The molecule has 0 atom stereocenters. The number of thiophene rings is 2. The highest BCUT2D eigenvalue weighted by Crippen LogP contribution is 2.54. The molecule has 0 amide bonds. The number of carbonyl (C=O) groups excluding carboxylic acids is 1. The second kappa shape index (κ2) is 35.3. The van der Waals surface area contributed by atoms with Gasteiger partial charge < -0.3 is 0 Å². The number of nitrogens with zero attached hydrogens (tertiary/aromatic N) is 4. The fourth-order valence-corrected chi connectivity index (χ4v) is 14.4. The minimum Gasteiger partial charge on any atom is -0.293 e. The molecule has 8 heteroatoms. The van der Waals surface area contributed by atoms with Gasteiger partial charge in [-0.1, -0.05) is 232 Å². The van der Waals surface area contributed by atoms with Crippen molar-refractivity contribution in [2.45, 2.75) is 293 Å². The maximum atomic E-state index is 14.4. The Balaban J connectivity index is 0.000000277. The predicted molar refractivity (Wildman–Crippen MR) is 337 cm³/mol. The summed E-state index contributed by atoms with van der Waals surface area (Å²) >= 11 is 5.05. The summed E-state index contributed by atoms with van der Waals surface area (Å²) in [5.41, 5.74) is 13.8. The molecule has 5 nitrogen and oxygen atoms in total. The van der Waals surface area contributed by atoms with Gasteiger partial charge in [-0.15, -0.1) is 22.7 Å². The molecule has 6 aromatic rings. The van der Waals surface area contributed by atoms with Crippen LogP contribution in [0.15, 0.2) is 36.4 Å². The van der Waals surface area contributed by atoms with Crippen LogP contribution in [0.5, 0.6) is 0 Å². The molecule has 1 aliphatic carbocycles. The molecular formula is C68H104N4OS3. The van der Waals surface area contributed by atoms with Crippen molar-refractivity contribution in [2.24, 2.45) is 0 Å². The zero-order valence-electron chi connectivity index (χ0n) is 49.9. The van der Waals surface area contributed by atoms with Crippen molar-refractivity contribution in [3.8, 4) is 9.75 Å². The van der Waals surface area contributed by atoms with Crippen LogP contribution in [0.2, 0.25) is 0 Å². The summed E-state index contributed by atoms with van der Waals surface area (Å²) in [4.78, 5) is 29.7. The maximum absolute atomic E-state index is 14.4. The van der Waals surface area contributed by atoms with Crippen molar-refractivity contribution in [3.63, 3.8) is 0 Å². The molecule has 420 valence electrons. The van der Waals surface area contributed by atoms with Crippen molar-refractivity contribution in [2.75, 3.05) is 0 Å². The molecule has 0 unspecified atom stereocenters. The average molecular weight is 1090 g/mol. The van der Waals surface area contributed by atoms with Crippen LogP contribution in [0.4, 0.5) is 0 Å². The lowest BCUT2D eigenvalue weighted by Gasteiger charge is -2.36. The van der Waals surface area contributed by atoms with Gasteiger partial charge in [0, 0.05) is 20.2 Å². The van der Waals surface area contributed by atoms with Crippen molar-refractivity contribution in [1.82, 2.24) is 18.7 Å². The van der Waals surface area contributed by atoms with Crippen molar-refractivity contribution in [3.05, 3.63) is 90.9 Å². The van der Waals surface area contributed by atoms with Gasteiger partial charge in [-0.05, 0) is 120 Å². The number of hydrogen-bond acceptors (Lipinski definition) is 8. The Morgan fingerprint density at radius 1 is 0.395 bits per heavy atom. The van der Waals surface area contributed by atoms with E-state index < -0.39 is 0 Å². The third-order valence-electron chi connectivity index (χ3n) is 16.3. The molecule has 2 aromatic carbocycles. The number of fused-ring (bicyclic) bond motifs is 5. The first-order valence-electron chi connectivity index (χ1n) is 31.2. The zero-order valence-corrected chi connectivity index (χ0v) is 52.4. The minimum absolute atomic E-state index is 0.295. The van der Waals surface area contributed by atoms with Gasteiger partial charge in [-0.2, -0.15) is 8.75 Å². The summed E-state index contributed by atoms with van der Waals surface area (Å²) < 4.78 is 8.42. The number of aryl methyl sites for hydroxylation is 8. The topological polar surface area (TPSA) is 68.6 Å². The minimum atomic E-state index is -0.295. The van der Waals surface area contributed by atoms with Crippen LogP contribution in [0.3, 0.4) is 0 Å². The smallest absolute Gasteiger partial charge is 0.174 e. The second-order valence-electron chi connectivity index (χ2n) is 23.0. The van der Waals surface area contributed by atoms with Crippen LogP contribution in [-0.2, 0) is 18.3 Å². The molecule has 76 heavy (non-hydrogen) atoms. The van der Waals surface area contributed by atoms with E-state index >= 15 is 0 Å². The molecule has 0 bridgehead atoms. The van der Waals surface area contributed by atoms with Crippen LogP contribution in [0.25, 0.3) is 31.8 Å². The molecule has 0 N–H and O–H groups in total. The Labute approximate surface area is 476 Å². The Morgan fingerprint density at radius 2 is 0.724 bits per heavy atom. The fourth-order valence-electron chi connectivity index (χ4n) is 11.4. The Hall–Kier alpha value is -3.33. The molecule has 7 rings (SSSR count). The Morgan fingerprint density at radius 3 is 1.11 bits per heavy atom. The number of Topliss-reactive ketones (excluding diaryl/α,β-unsaturated/α-hetero) is 1. The average Bonchev–Trinajstić information content (AvgIpc) is 4.21. The number of carbonyl (C=O) groups is 1. The normalized spacial score (nSPS) is 12.7. The maximum Gasteiger partial charge on any atom is 0.174 e. The molecule has 0 aliphatic heterocycles. The van der Waals surface area contributed by atoms with Gasteiger partial charge in [0.15, 0.2) is 5.78 Å². The van der Waals surface area contributed by atoms with Gasteiger partial charge >= 0.3 is 0 Å². The van der Waals surface area contributed by atoms with E-state index in [1.165, 1.54) is 263 Å². The number of unbranched alkanes of at least 4 members (excludes halogenated alkanes) is 26. The first kappa shape index (κ1) is 63.5. The highest BCUT2D eigenvalue weighted by atomic mass is 32.1. The van der Waals surface area contributed by atoms with E-state index in [2.05, 4.69) is 114 Å². The Kier molecular flexibility index (Phi) is 29.5. The van der Waals surface area contributed by atoms with Gasteiger partial charge in [0.2, 0.25) is 0 Å². The highest BCUT2D eigenvalue weighted by molar-refractivity contribution is 7.22. The number of benzene rings is 2. The monoisotopic (exact) mass is 1090 g/mol. The first-order valence-corrected chi connectivity index (χ1v) is 33.6. The van der Waals surface area contributed by atoms with E-state index in [1.54, 1.807) is 0 Å². The second-order valence-corrected chi connectivity index (χ2v) is 26.0. The number of aromatic nitrogens is 4. The summed E-state index contributed by atoms with van der Waals surface area (Å²) in [5.74, 6) is 0.449. The van der Waals surface area contributed by atoms with E-state index in [4.69, 9.17) is 9.97 Å². The zero-order chi connectivity index (χ0) is 54.5. The lowest BCUT2D eigenvalue weighted by molar-refractivity contribution is 0.0855. The van der Waals surface area contributed by atoms with Gasteiger partial charge in [-0.25, -0.2) is 9.97 Å². The van der Waals surface area contributed by atoms with E-state index in [-0.39, 0.29) is 5.41 Å². The van der Waals surface area contributed by atoms with Crippen molar-refractivity contribution in [1.29, 1.82) is 0 Å². The van der Waals surface area contributed by atoms with Crippen LogP contribution in [0.1, 0.15) is 292 Å². The standard InChI is InChI=1S/C42H70OS2.C18H26N2.C8H8N2S/c1-5-7-9-11-13-15-17-19-21-23-25-27-29-31-42(32-30-28-26-24-22-20-18-16-14-12-10-8-6-2)38-34-36(4)45-40(38)39-37(41(42)43)33-35(3)44-39;1-5-7-9-15-16(10-8-6-2)20-18-14(4)12-11-13(3)17(18)19-15;1-5-3-4-6(2)8-7(5)9-11-10-8/h33-34H,5-32H2,1-4H3;11-12H,5-10H2,1-4H3;3-4H,1-2H3. The van der Waals surface area contributed by atoms with E-state index in [1.807, 2.05) is 22.7 Å². The van der Waals surface area contributed by atoms with Gasteiger partial charge in [0.05, 0.1) is 44.4 Å². The largest absolute Gasteiger partial charge is 0.293 e. The summed E-state index contributed by atoms with van der Waals surface area (Å²) in [5, 5.41) is 0. The SMILES string of the molecule is CCCCCCCCCCCCCCCC1(CCCCCCCCCCCCCCC)C(=O)c2cc(C)sc2-c2sc(C)cc21.CCCCc1nc2c(C)ccc(C)c2nc1CCCC.Cc1ccc(C)c2nsnc12. The molecule has 0 fully saturated rings. The summed E-state index contributed by atoms with van der Waals surface area (Å²) in [7, 11) is 0. The molecule has 1 aliphatic rings. The van der Waals surface area contributed by atoms with Crippen molar-refractivity contribution < 1.29 is 4.79 Å². The van der Waals surface area contributed by atoms with Crippen LogP contribution >= 0.6 is 34.4 Å². The lowest BCUT2D eigenvalue weighted by Crippen LogP contribution is -2.38. The molecule has 4 heterocycles. The molecule has 0 spiro atoms. The third-order valence-corrected chi connectivity index (χ3v) is 19.1. The Bertz CT molecular complexity index is 2460. The fraction of sp³-hybridized carbons (Fsp3) is 0.662. The van der Waals surface area contributed by atoms with Gasteiger partial charge in [0.1, 0.15) is 11.0 Å². The first-order chi connectivity index (χ1) is 37.0. The van der Waals surface area contributed by atoms with Crippen LogP contribution in [-0.4, -0.2) is 24.5 Å². The molecule has 0 radical (unpaired) electrons. The molecule has 4 aromatic heterocycles. The third kappa shape index (κ3) is 19.5. The quantitative estimate of drug-likeness (QED) is 0.0377. The van der Waals surface area contributed by atoms with Gasteiger partial charge in [0.25, 0.3) is 0 Å². The van der Waals surface area contributed by atoms with Gasteiger partial charge in [-0.3, -0.25) is 4.79 Å². The summed E-state index contributed by atoms with van der Waals surface area (Å²) in [6, 6.07) is 13.1. The predicted octanol–water partition coefficient (Wildman–Crippen LogP) is 22.7. The highest BCUT2D eigenvalue weighted by Gasteiger charge is 2.47. The summed E-state index contributed by atoms with van der Waals surface area (Å²) in [6.45, 7) is 21.9. The molecule has 0 saturated carbocycles. The van der Waals surface area contributed by atoms with Crippen molar-refractivity contribution >= 4 is 62.3 Å². The molecule has 0 saturated heterocycles. The lowest BCUT2D eigenvalue weighted by atomic mass is 9.65. The van der Waals surface area contributed by atoms with Crippen LogP contribution in [0, 0.1) is 41.5 Å². The number of ketones is 1. The number of rotatable bonds is 34. The van der Waals surface area contributed by atoms with E-state index in [9.17, 15) is 4.79 Å². The summed E-state index contributed by atoms with van der Waals surface area (Å²) in [6.07, 6.45) is 44.8. The molecular weight excluding hydrogens is 985 g/mol. The van der Waals surface area contributed by atoms with Crippen LogP contribution < -0.4 is 0 Å². The van der Waals surface area contributed by atoms with E-state index in [0.29, 0.717) is 5.78 Å².